The van der Waals surface area contributed by atoms with Crippen LogP contribution >= 0.6 is 0 Å². The number of hydrogen-bond donors (Lipinski definition) is 0. The van der Waals surface area contributed by atoms with Crippen LogP contribution in [0.2, 0.25) is 0 Å². The minimum Gasteiger partial charge on any atom is -0.326 e. The second-order valence-corrected chi connectivity index (χ2v) is 20.7. The van der Waals surface area contributed by atoms with Crippen LogP contribution in [-0.2, 0) is 14.3 Å². The SMILES string of the molecule is CCCCCCCCCCCCOS(=O)(=O)c1ccccc1.CCCCCCCCCCCC[N+](C)(CCCCCCCCCCCC)CCCCCCCCCCCC. The van der Waals surface area contributed by atoms with Crippen LogP contribution in [0.15, 0.2) is 35.2 Å². The van der Waals surface area contributed by atoms with E-state index in [0.29, 0.717) is 0 Å². The van der Waals surface area contributed by atoms with E-state index in [9.17, 15) is 8.42 Å². The lowest BCUT2D eigenvalue weighted by molar-refractivity contribution is -0.910. The van der Waals surface area contributed by atoms with E-state index < -0.39 is 10.1 Å². The molecular formula is C55H108NO3S+. The third kappa shape index (κ3) is 41.1. The molecule has 0 bridgehead atoms. The molecule has 0 fully saturated rings. The number of hydrogen-bond acceptors (Lipinski definition) is 3. The van der Waals surface area contributed by atoms with Gasteiger partial charge in [0.2, 0.25) is 0 Å². The number of rotatable bonds is 46. The van der Waals surface area contributed by atoms with E-state index in [2.05, 4.69) is 34.7 Å². The standard InChI is InChI=1S/C37H78N.C18H30O3S/c1-5-8-11-14-17-20-23-26-29-32-35-38(4,36-33-30-27-24-21-18-15-12-9-6-2)37-34-31-28-25-22-19-16-13-10-7-3;1-2-3-4-5-6-7-8-9-10-14-17-21-22(19,20)18-15-12-11-13-16-18/h5-37H2,1-4H3;11-13,15-16H,2-10,14,17H2,1H3/q+1;. The monoisotopic (exact) mass is 863 g/mol. The van der Waals surface area contributed by atoms with Gasteiger partial charge in [-0.2, -0.15) is 8.42 Å². The van der Waals surface area contributed by atoms with Gasteiger partial charge in [-0.1, -0.05) is 258 Å². The van der Waals surface area contributed by atoms with Gasteiger partial charge in [0.15, 0.2) is 0 Å². The molecule has 0 N–H and O–H groups in total. The fraction of sp³-hybridized carbons (Fsp3) is 0.891. The van der Waals surface area contributed by atoms with Crippen molar-refractivity contribution in [1.29, 1.82) is 0 Å². The van der Waals surface area contributed by atoms with Crippen molar-refractivity contribution in [3.05, 3.63) is 30.3 Å². The van der Waals surface area contributed by atoms with Crippen LogP contribution in [0, 0.1) is 0 Å². The summed E-state index contributed by atoms with van der Waals surface area (Å²) in [7, 11) is -0.964. The van der Waals surface area contributed by atoms with Gasteiger partial charge in [-0.15, -0.1) is 0 Å². The normalized spacial score (nSPS) is 11.9. The van der Waals surface area contributed by atoms with Crippen molar-refractivity contribution in [2.24, 2.45) is 0 Å². The molecule has 0 unspecified atom stereocenters. The Morgan fingerprint density at radius 1 is 0.350 bits per heavy atom. The number of nitrogens with zero attached hydrogens (tertiary/aromatic N) is 1. The minimum atomic E-state index is -3.57. The molecule has 0 heterocycles. The van der Waals surface area contributed by atoms with E-state index in [4.69, 9.17) is 4.18 Å². The Hall–Kier alpha value is -0.910. The highest BCUT2D eigenvalue weighted by Gasteiger charge is 2.20. The second kappa shape index (κ2) is 46.1. The van der Waals surface area contributed by atoms with E-state index in [1.54, 1.807) is 30.3 Å². The van der Waals surface area contributed by atoms with Gasteiger partial charge in [0.25, 0.3) is 10.1 Å². The minimum absolute atomic E-state index is 0.238. The van der Waals surface area contributed by atoms with Crippen LogP contribution in [0.1, 0.15) is 285 Å². The number of unbranched alkanes of at least 4 members (excludes halogenated alkanes) is 36. The summed E-state index contributed by atoms with van der Waals surface area (Å²) < 4.78 is 30.2. The molecule has 0 aliphatic carbocycles. The first-order chi connectivity index (χ1) is 29.3. The zero-order valence-corrected chi connectivity index (χ0v) is 42.4. The van der Waals surface area contributed by atoms with Crippen LogP contribution in [0.3, 0.4) is 0 Å². The van der Waals surface area contributed by atoms with E-state index in [1.165, 1.54) is 268 Å². The summed E-state index contributed by atoms with van der Waals surface area (Å²) in [5, 5.41) is 0. The third-order valence-corrected chi connectivity index (χ3v) is 14.2. The zero-order chi connectivity index (χ0) is 43.9. The second-order valence-electron chi connectivity index (χ2n) is 19.1. The van der Waals surface area contributed by atoms with E-state index in [-0.39, 0.29) is 11.5 Å². The summed E-state index contributed by atoms with van der Waals surface area (Å²) in [6, 6.07) is 8.33. The summed E-state index contributed by atoms with van der Waals surface area (Å²) >= 11 is 0. The smallest absolute Gasteiger partial charge is 0.296 e. The lowest BCUT2D eigenvalue weighted by Gasteiger charge is -2.35. The van der Waals surface area contributed by atoms with Crippen LogP contribution in [0.5, 0.6) is 0 Å². The Labute approximate surface area is 378 Å². The average Bonchev–Trinajstić information content (AvgIpc) is 3.25. The number of benzene rings is 1. The number of quaternary nitrogens is 1. The van der Waals surface area contributed by atoms with Crippen LogP contribution in [0.4, 0.5) is 0 Å². The maximum Gasteiger partial charge on any atom is 0.296 e. The molecule has 1 aromatic carbocycles. The predicted octanol–water partition coefficient (Wildman–Crippen LogP) is 18.5. The van der Waals surface area contributed by atoms with Gasteiger partial charge in [-0.3, -0.25) is 4.18 Å². The van der Waals surface area contributed by atoms with Crippen molar-refractivity contribution in [3.8, 4) is 0 Å². The molecule has 0 aliphatic heterocycles. The Morgan fingerprint density at radius 2 is 0.583 bits per heavy atom. The summed E-state index contributed by atoms with van der Waals surface area (Å²) in [4.78, 5) is 0.238. The van der Waals surface area contributed by atoms with Crippen molar-refractivity contribution in [2.45, 2.75) is 289 Å². The Morgan fingerprint density at radius 3 is 0.850 bits per heavy atom. The summed E-state index contributed by atoms with van der Waals surface area (Å²) in [5.41, 5.74) is 0. The molecule has 356 valence electrons. The highest BCUT2D eigenvalue weighted by molar-refractivity contribution is 7.86. The van der Waals surface area contributed by atoms with Gasteiger partial charge >= 0.3 is 0 Å². The molecule has 0 aromatic heterocycles. The van der Waals surface area contributed by atoms with Crippen molar-refractivity contribution < 1.29 is 17.1 Å². The highest BCUT2D eigenvalue weighted by Crippen LogP contribution is 2.19. The van der Waals surface area contributed by atoms with Gasteiger partial charge in [0.05, 0.1) is 38.2 Å². The fourth-order valence-electron chi connectivity index (χ4n) is 8.69. The first-order valence-electron chi connectivity index (χ1n) is 27.1. The van der Waals surface area contributed by atoms with Gasteiger partial charge in [-0.05, 0) is 57.1 Å². The molecule has 4 nitrogen and oxygen atoms in total. The largest absolute Gasteiger partial charge is 0.326 e. The van der Waals surface area contributed by atoms with E-state index in [0.717, 1.165) is 12.8 Å². The molecule has 0 atom stereocenters. The van der Waals surface area contributed by atoms with Gasteiger partial charge in [0.1, 0.15) is 0 Å². The maximum absolute atomic E-state index is 11.9. The van der Waals surface area contributed by atoms with Crippen molar-refractivity contribution >= 4 is 10.1 Å². The summed E-state index contributed by atoms with van der Waals surface area (Å²) in [5.74, 6) is 0. The van der Waals surface area contributed by atoms with Gasteiger partial charge < -0.3 is 4.48 Å². The average molecular weight is 864 g/mol. The Kier molecular flexibility index (Phi) is 45.4. The third-order valence-electron chi connectivity index (χ3n) is 12.9. The fourth-order valence-corrected chi connectivity index (χ4v) is 9.66. The Bertz CT molecular complexity index is 1000. The quantitative estimate of drug-likeness (QED) is 0.0373. The van der Waals surface area contributed by atoms with Gasteiger partial charge in [-0.25, -0.2) is 0 Å². The van der Waals surface area contributed by atoms with Crippen LogP contribution < -0.4 is 0 Å². The van der Waals surface area contributed by atoms with Crippen molar-refractivity contribution in [2.75, 3.05) is 33.3 Å². The first kappa shape index (κ1) is 59.1. The molecule has 0 radical (unpaired) electrons. The van der Waals surface area contributed by atoms with Crippen molar-refractivity contribution in [1.82, 2.24) is 0 Å². The molecule has 5 heteroatoms. The van der Waals surface area contributed by atoms with E-state index in [1.807, 2.05) is 0 Å². The summed E-state index contributed by atoms with van der Waals surface area (Å²) in [6.07, 6.45) is 56.0. The lowest BCUT2D eigenvalue weighted by Crippen LogP contribution is -2.46. The van der Waals surface area contributed by atoms with Gasteiger partial charge in [0, 0.05) is 0 Å². The molecule has 0 saturated carbocycles. The molecule has 0 aliphatic rings. The molecule has 0 saturated heterocycles. The Balaban J connectivity index is 0.00000133. The topological polar surface area (TPSA) is 43.4 Å². The predicted molar refractivity (Wildman–Crippen MR) is 268 cm³/mol. The van der Waals surface area contributed by atoms with Crippen molar-refractivity contribution in [3.63, 3.8) is 0 Å². The van der Waals surface area contributed by atoms with Crippen LogP contribution in [0.25, 0.3) is 0 Å². The molecule has 1 rings (SSSR count). The molecule has 0 spiro atoms. The zero-order valence-electron chi connectivity index (χ0n) is 41.6. The maximum atomic E-state index is 11.9. The first-order valence-corrected chi connectivity index (χ1v) is 28.5. The molecular weight excluding hydrogens is 755 g/mol. The molecule has 60 heavy (non-hydrogen) atoms. The van der Waals surface area contributed by atoms with E-state index >= 15 is 0 Å². The highest BCUT2D eigenvalue weighted by atomic mass is 32.2. The lowest BCUT2D eigenvalue weighted by atomic mass is 10.0. The molecule has 0 amide bonds. The summed E-state index contributed by atoms with van der Waals surface area (Å²) in [6.45, 7) is 13.8. The van der Waals surface area contributed by atoms with Crippen LogP contribution in [-0.4, -0.2) is 46.2 Å². The molecule has 1 aromatic rings.